The second-order valence-electron chi connectivity index (χ2n) is 6.73. The summed E-state index contributed by atoms with van der Waals surface area (Å²) in [4.78, 5) is 13.1. The van der Waals surface area contributed by atoms with Gasteiger partial charge in [-0.05, 0) is 18.2 Å². The summed E-state index contributed by atoms with van der Waals surface area (Å²) in [5, 5.41) is 6.74. The van der Waals surface area contributed by atoms with E-state index < -0.39 is 11.7 Å². The Morgan fingerprint density at radius 1 is 1.14 bits per heavy atom. The SMILES string of the molecule is C=C(Nc1ccc(N2CCC(F)(F)CC2)nc1)Nc1c[nH]c2ncc(F)cc12. The molecule has 28 heavy (non-hydrogen) atoms. The van der Waals surface area contributed by atoms with Crippen LogP contribution < -0.4 is 15.5 Å². The number of fused-ring (bicyclic) bond motifs is 1. The minimum absolute atomic E-state index is 0.157. The first-order valence-corrected chi connectivity index (χ1v) is 8.84. The summed E-state index contributed by atoms with van der Waals surface area (Å²) < 4.78 is 40.0. The number of H-pyrrole nitrogens is 1. The van der Waals surface area contributed by atoms with E-state index in [9.17, 15) is 13.2 Å². The van der Waals surface area contributed by atoms with Gasteiger partial charge >= 0.3 is 0 Å². The molecule has 3 N–H and O–H groups in total. The maximum absolute atomic E-state index is 13.4. The highest BCUT2D eigenvalue weighted by atomic mass is 19.3. The number of nitrogens with zero attached hydrogens (tertiary/aromatic N) is 3. The van der Waals surface area contributed by atoms with Gasteiger partial charge in [-0.2, -0.15) is 0 Å². The van der Waals surface area contributed by atoms with Crippen LogP contribution in [0.3, 0.4) is 0 Å². The number of piperidine rings is 1. The second-order valence-corrected chi connectivity index (χ2v) is 6.73. The number of pyridine rings is 2. The molecule has 0 amide bonds. The number of nitrogens with one attached hydrogen (secondary N) is 3. The molecule has 1 fully saturated rings. The number of halogens is 3. The maximum Gasteiger partial charge on any atom is 0.251 e. The van der Waals surface area contributed by atoms with Gasteiger partial charge in [-0.3, -0.25) is 0 Å². The van der Waals surface area contributed by atoms with Gasteiger partial charge in [0, 0.05) is 37.5 Å². The first-order valence-electron chi connectivity index (χ1n) is 8.84. The smallest absolute Gasteiger partial charge is 0.251 e. The van der Waals surface area contributed by atoms with Crippen LogP contribution in [-0.2, 0) is 0 Å². The summed E-state index contributed by atoms with van der Waals surface area (Å²) in [5.74, 6) is -1.87. The Bertz CT molecular complexity index is 989. The van der Waals surface area contributed by atoms with Crippen LogP contribution in [0, 0.1) is 5.82 Å². The fourth-order valence-electron chi connectivity index (χ4n) is 3.16. The van der Waals surface area contributed by atoms with Crippen LogP contribution in [0.4, 0.5) is 30.4 Å². The van der Waals surface area contributed by atoms with Crippen molar-refractivity contribution in [2.75, 3.05) is 28.6 Å². The van der Waals surface area contributed by atoms with Crippen molar-refractivity contribution < 1.29 is 13.2 Å². The molecule has 0 unspecified atom stereocenters. The summed E-state index contributed by atoms with van der Waals surface area (Å²) in [6.45, 7) is 4.48. The van der Waals surface area contributed by atoms with Gasteiger partial charge in [0.1, 0.15) is 23.1 Å². The largest absolute Gasteiger partial charge is 0.356 e. The van der Waals surface area contributed by atoms with Crippen molar-refractivity contribution in [1.29, 1.82) is 0 Å². The first kappa shape index (κ1) is 18.1. The Labute approximate surface area is 159 Å². The standard InChI is InChI=1S/C19H19F3N6/c1-12(27-16-11-25-18-15(16)8-13(20)9-24-18)26-14-2-3-17(23-10-14)28-6-4-19(21,22)5-7-28/h2-3,8-11,26-27H,1,4-7H2,(H,24,25). The number of anilines is 3. The van der Waals surface area contributed by atoms with Gasteiger partial charge in [0.25, 0.3) is 5.92 Å². The normalized spacial score (nSPS) is 16.2. The van der Waals surface area contributed by atoms with Gasteiger partial charge in [-0.15, -0.1) is 0 Å². The third kappa shape index (κ3) is 3.88. The number of hydrogen-bond donors (Lipinski definition) is 3. The van der Waals surface area contributed by atoms with E-state index in [-0.39, 0.29) is 25.9 Å². The van der Waals surface area contributed by atoms with Crippen LogP contribution in [0.1, 0.15) is 12.8 Å². The molecule has 1 aliphatic heterocycles. The van der Waals surface area contributed by atoms with Crippen molar-refractivity contribution >= 4 is 28.2 Å². The van der Waals surface area contributed by atoms with Crippen LogP contribution in [0.25, 0.3) is 11.0 Å². The van der Waals surface area contributed by atoms with Crippen molar-refractivity contribution in [2.24, 2.45) is 0 Å². The highest BCUT2D eigenvalue weighted by molar-refractivity contribution is 5.90. The number of aromatic amines is 1. The monoisotopic (exact) mass is 388 g/mol. The number of rotatable bonds is 5. The lowest BCUT2D eigenvalue weighted by Crippen LogP contribution is -2.39. The Kier molecular flexibility index (Phi) is 4.58. The highest BCUT2D eigenvalue weighted by Gasteiger charge is 2.34. The van der Waals surface area contributed by atoms with Gasteiger partial charge in [-0.25, -0.2) is 23.1 Å². The Balaban J connectivity index is 1.39. The summed E-state index contributed by atoms with van der Waals surface area (Å²) in [6.07, 6.45) is 4.13. The average molecular weight is 388 g/mol. The molecule has 0 saturated carbocycles. The lowest BCUT2D eigenvalue weighted by Gasteiger charge is -2.32. The van der Waals surface area contributed by atoms with Crippen molar-refractivity contribution in [2.45, 2.75) is 18.8 Å². The third-order valence-electron chi connectivity index (χ3n) is 4.65. The second kappa shape index (κ2) is 7.06. The predicted octanol–water partition coefficient (Wildman–Crippen LogP) is 4.33. The highest BCUT2D eigenvalue weighted by Crippen LogP contribution is 2.30. The summed E-state index contributed by atoms with van der Waals surface area (Å²) in [7, 11) is 0. The van der Waals surface area contributed by atoms with E-state index in [2.05, 4.69) is 32.2 Å². The molecule has 6 nitrogen and oxygen atoms in total. The molecule has 0 atom stereocenters. The number of hydrogen-bond acceptors (Lipinski definition) is 5. The number of aromatic nitrogens is 3. The van der Waals surface area contributed by atoms with Gasteiger partial charge in [-0.1, -0.05) is 6.58 Å². The molecule has 4 rings (SSSR count). The molecule has 3 aromatic heterocycles. The minimum Gasteiger partial charge on any atom is -0.356 e. The van der Waals surface area contributed by atoms with E-state index in [0.29, 0.717) is 34.0 Å². The van der Waals surface area contributed by atoms with Gasteiger partial charge in [0.2, 0.25) is 0 Å². The molecule has 146 valence electrons. The van der Waals surface area contributed by atoms with E-state index in [1.54, 1.807) is 24.5 Å². The zero-order valence-corrected chi connectivity index (χ0v) is 15.0. The molecule has 1 saturated heterocycles. The molecule has 0 bridgehead atoms. The van der Waals surface area contributed by atoms with Crippen molar-refractivity contribution in [1.82, 2.24) is 15.0 Å². The summed E-state index contributed by atoms with van der Waals surface area (Å²) in [6, 6.07) is 4.97. The molecule has 4 heterocycles. The summed E-state index contributed by atoms with van der Waals surface area (Å²) >= 11 is 0. The van der Waals surface area contributed by atoms with Gasteiger partial charge in [0.05, 0.1) is 23.8 Å². The quantitative estimate of drug-likeness (QED) is 0.607. The lowest BCUT2D eigenvalue weighted by atomic mass is 10.1. The van der Waals surface area contributed by atoms with Crippen molar-refractivity contribution in [3.8, 4) is 0 Å². The maximum atomic E-state index is 13.4. The molecule has 0 spiro atoms. The fourth-order valence-corrected chi connectivity index (χ4v) is 3.16. The zero-order valence-electron chi connectivity index (χ0n) is 15.0. The van der Waals surface area contributed by atoms with Crippen LogP contribution >= 0.6 is 0 Å². The van der Waals surface area contributed by atoms with Gasteiger partial charge in [0.15, 0.2) is 0 Å². The number of alkyl halides is 2. The van der Waals surface area contributed by atoms with Crippen LogP contribution in [-0.4, -0.2) is 34.0 Å². The van der Waals surface area contributed by atoms with Crippen LogP contribution in [0.15, 0.2) is 49.2 Å². The Morgan fingerprint density at radius 3 is 2.64 bits per heavy atom. The van der Waals surface area contributed by atoms with E-state index in [1.165, 1.54) is 6.07 Å². The molecule has 0 radical (unpaired) electrons. The average Bonchev–Trinajstić information content (AvgIpc) is 3.04. The van der Waals surface area contributed by atoms with E-state index in [0.717, 1.165) is 6.20 Å². The first-order chi connectivity index (χ1) is 13.4. The Morgan fingerprint density at radius 2 is 1.93 bits per heavy atom. The summed E-state index contributed by atoms with van der Waals surface area (Å²) in [5.41, 5.74) is 1.89. The molecular weight excluding hydrogens is 369 g/mol. The molecule has 1 aliphatic rings. The topological polar surface area (TPSA) is 68.9 Å². The van der Waals surface area contributed by atoms with Crippen molar-refractivity contribution in [3.63, 3.8) is 0 Å². The van der Waals surface area contributed by atoms with E-state index >= 15 is 0 Å². The molecule has 9 heteroatoms. The van der Waals surface area contributed by atoms with E-state index in [1.807, 2.05) is 4.90 Å². The zero-order chi connectivity index (χ0) is 19.7. The van der Waals surface area contributed by atoms with Crippen LogP contribution in [0.5, 0.6) is 0 Å². The molecule has 0 aliphatic carbocycles. The molecule has 0 aromatic carbocycles. The minimum atomic E-state index is -2.58. The van der Waals surface area contributed by atoms with E-state index in [4.69, 9.17) is 0 Å². The lowest BCUT2D eigenvalue weighted by molar-refractivity contribution is -0.0221. The molecular formula is C19H19F3N6. The fraction of sp³-hybridized carbons (Fsp3) is 0.263. The third-order valence-corrected chi connectivity index (χ3v) is 4.65. The van der Waals surface area contributed by atoms with Gasteiger partial charge < -0.3 is 20.5 Å². The predicted molar refractivity (Wildman–Crippen MR) is 103 cm³/mol. The Hall–Kier alpha value is -3.23. The molecule has 3 aromatic rings. The van der Waals surface area contributed by atoms with Crippen LogP contribution in [0.2, 0.25) is 0 Å². The van der Waals surface area contributed by atoms with Crippen molar-refractivity contribution in [3.05, 3.63) is 55.0 Å².